The highest BCUT2D eigenvalue weighted by Gasteiger charge is 2.28. The Balaban J connectivity index is 2.50. The molecule has 0 aliphatic rings. The number of alkyl halides is 3. The zero-order chi connectivity index (χ0) is 17.3. The number of methoxy groups -OCH3 is 1. The summed E-state index contributed by atoms with van der Waals surface area (Å²) in [5.41, 5.74) is 0.180. The molecule has 1 rings (SSSR count). The Hall–Kier alpha value is -2.73. The average Bonchev–Trinajstić information content (AvgIpc) is 2.52. The van der Waals surface area contributed by atoms with Crippen LogP contribution in [0.25, 0.3) is 0 Å². The van der Waals surface area contributed by atoms with Gasteiger partial charge in [-0.15, -0.1) is 13.2 Å². The third-order valence-electron chi connectivity index (χ3n) is 2.40. The maximum Gasteiger partial charge on any atom is 0.522 e. The first-order valence-electron chi connectivity index (χ1n) is 6.24. The van der Waals surface area contributed by atoms with Crippen LogP contribution in [0, 0.1) is 11.3 Å². The van der Waals surface area contributed by atoms with Crippen LogP contribution in [-0.2, 0) is 14.3 Å². The van der Waals surface area contributed by atoms with E-state index in [1.807, 2.05) is 0 Å². The Morgan fingerprint density at radius 3 is 2.48 bits per heavy atom. The van der Waals surface area contributed by atoms with E-state index in [9.17, 15) is 18.0 Å². The maximum atomic E-state index is 11.7. The minimum Gasteiger partial charge on any atom is -0.497 e. The summed E-state index contributed by atoms with van der Waals surface area (Å²) in [6.07, 6.45) is -3.70. The molecule has 0 amide bonds. The third-order valence-corrected chi connectivity index (χ3v) is 2.40. The van der Waals surface area contributed by atoms with Gasteiger partial charge in [-0.25, -0.2) is 4.79 Å². The lowest BCUT2D eigenvalue weighted by molar-refractivity contribution is -0.326. The Labute approximate surface area is 130 Å². The fourth-order valence-corrected chi connectivity index (χ4v) is 1.35. The van der Waals surface area contributed by atoms with Crippen LogP contribution in [0.15, 0.2) is 36.0 Å². The zero-order valence-corrected chi connectivity index (χ0v) is 12.0. The molecule has 0 bridgehead atoms. The van der Waals surface area contributed by atoms with Crippen molar-refractivity contribution >= 4 is 11.7 Å². The van der Waals surface area contributed by atoms with E-state index >= 15 is 0 Å². The summed E-state index contributed by atoms with van der Waals surface area (Å²) in [7, 11) is 1.51. The Bertz CT molecular complexity index is 592. The van der Waals surface area contributed by atoms with Gasteiger partial charge in [-0.2, -0.15) is 5.26 Å². The first-order chi connectivity index (χ1) is 10.9. The molecule has 23 heavy (non-hydrogen) atoms. The zero-order valence-electron chi connectivity index (χ0n) is 12.0. The van der Waals surface area contributed by atoms with Crippen molar-refractivity contribution in [2.45, 2.75) is 6.36 Å². The van der Waals surface area contributed by atoms with E-state index in [0.717, 1.165) is 6.20 Å². The Morgan fingerprint density at radius 2 is 1.96 bits per heavy atom. The first-order valence-corrected chi connectivity index (χ1v) is 6.24. The normalized spacial score (nSPS) is 11.5. The van der Waals surface area contributed by atoms with Gasteiger partial charge in [0.15, 0.2) is 5.57 Å². The van der Waals surface area contributed by atoms with Crippen molar-refractivity contribution in [1.82, 2.24) is 0 Å². The molecule has 0 heterocycles. The molecular formula is C14H13F3N2O4. The summed E-state index contributed by atoms with van der Waals surface area (Å²) in [4.78, 5) is 11.5. The number of nitriles is 1. The first kappa shape index (κ1) is 18.3. The number of carbonyl (C=O) groups excluding carboxylic acids is 1. The highest BCUT2D eigenvalue weighted by Crippen LogP contribution is 2.16. The number of ether oxygens (including phenoxy) is 3. The number of carbonyl (C=O) groups is 1. The number of rotatable bonds is 7. The van der Waals surface area contributed by atoms with E-state index in [1.165, 1.54) is 7.11 Å². The van der Waals surface area contributed by atoms with Gasteiger partial charge in [-0.3, -0.25) is 4.74 Å². The van der Waals surface area contributed by atoms with E-state index in [0.29, 0.717) is 11.4 Å². The van der Waals surface area contributed by atoms with Crippen molar-refractivity contribution in [3.8, 4) is 11.8 Å². The summed E-state index contributed by atoms with van der Waals surface area (Å²) >= 11 is 0. The van der Waals surface area contributed by atoms with Gasteiger partial charge < -0.3 is 14.8 Å². The number of anilines is 1. The van der Waals surface area contributed by atoms with E-state index in [1.54, 1.807) is 30.3 Å². The molecule has 0 fully saturated rings. The molecule has 0 aromatic heterocycles. The number of nitrogens with zero attached hydrogens (tertiary/aromatic N) is 1. The lowest BCUT2D eigenvalue weighted by Gasteiger charge is -2.08. The van der Waals surface area contributed by atoms with Gasteiger partial charge in [0.2, 0.25) is 0 Å². The van der Waals surface area contributed by atoms with Crippen molar-refractivity contribution in [2.24, 2.45) is 0 Å². The van der Waals surface area contributed by atoms with Gasteiger partial charge in [-0.1, -0.05) is 0 Å². The van der Waals surface area contributed by atoms with Gasteiger partial charge in [0.1, 0.15) is 18.4 Å². The van der Waals surface area contributed by atoms with Gasteiger partial charge in [0.05, 0.1) is 13.7 Å². The molecule has 0 aliphatic carbocycles. The Morgan fingerprint density at radius 1 is 1.30 bits per heavy atom. The van der Waals surface area contributed by atoms with Gasteiger partial charge >= 0.3 is 12.3 Å². The average molecular weight is 330 g/mol. The van der Waals surface area contributed by atoms with Gasteiger partial charge in [-0.05, 0) is 24.3 Å². The van der Waals surface area contributed by atoms with Crippen LogP contribution in [0.5, 0.6) is 5.75 Å². The SMILES string of the molecule is COc1ccc(N/C=C(\C#N)C(=O)OCCOC(F)(F)F)cc1. The number of benzene rings is 1. The number of esters is 1. The second-order valence-corrected chi connectivity index (χ2v) is 3.97. The summed E-state index contributed by atoms with van der Waals surface area (Å²) < 4.78 is 48.1. The molecule has 1 aromatic carbocycles. The van der Waals surface area contributed by atoms with Crippen molar-refractivity contribution in [3.05, 3.63) is 36.0 Å². The molecule has 9 heteroatoms. The topological polar surface area (TPSA) is 80.6 Å². The predicted octanol–water partition coefficient (Wildman–Crippen LogP) is 2.59. The largest absolute Gasteiger partial charge is 0.522 e. The molecule has 0 unspecified atom stereocenters. The van der Waals surface area contributed by atoms with E-state index in [2.05, 4.69) is 14.8 Å². The predicted molar refractivity (Wildman–Crippen MR) is 73.3 cm³/mol. The van der Waals surface area contributed by atoms with Crippen molar-refractivity contribution in [1.29, 1.82) is 5.26 Å². The molecule has 0 aliphatic heterocycles. The molecule has 6 nitrogen and oxygen atoms in total. The summed E-state index contributed by atoms with van der Waals surface area (Å²) in [5, 5.41) is 11.5. The molecule has 0 radical (unpaired) electrons. The molecule has 0 spiro atoms. The summed E-state index contributed by atoms with van der Waals surface area (Å²) in [5.74, 6) is -0.427. The van der Waals surface area contributed by atoms with Crippen molar-refractivity contribution < 1.29 is 32.2 Å². The highest BCUT2D eigenvalue weighted by atomic mass is 19.4. The van der Waals surface area contributed by atoms with Crippen LogP contribution in [0.3, 0.4) is 0 Å². The summed E-state index contributed by atoms with van der Waals surface area (Å²) in [6, 6.07) is 8.20. The van der Waals surface area contributed by atoms with E-state index < -0.39 is 31.1 Å². The number of halogens is 3. The lowest BCUT2D eigenvalue weighted by atomic mass is 10.3. The van der Waals surface area contributed by atoms with Crippen LogP contribution in [0.4, 0.5) is 18.9 Å². The monoisotopic (exact) mass is 330 g/mol. The standard InChI is InChI=1S/C14H13F3N2O4/c1-21-12-4-2-11(3-5-12)19-9-10(8-18)13(20)22-6-7-23-14(15,16)17/h2-5,9,19H,6-7H2,1H3/b10-9+. The Kier molecular flexibility index (Phi) is 6.89. The van der Waals surface area contributed by atoms with E-state index in [-0.39, 0.29) is 0 Å². The van der Waals surface area contributed by atoms with Crippen LogP contribution in [0.2, 0.25) is 0 Å². The quantitative estimate of drug-likeness (QED) is 0.358. The molecule has 1 aromatic rings. The fraction of sp³-hybridized carbons (Fsp3) is 0.286. The molecule has 0 atom stereocenters. The van der Waals surface area contributed by atoms with Crippen LogP contribution in [0.1, 0.15) is 0 Å². The van der Waals surface area contributed by atoms with Crippen LogP contribution in [-0.4, -0.2) is 32.7 Å². The highest BCUT2D eigenvalue weighted by molar-refractivity contribution is 5.93. The van der Waals surface area contributed by atoms with Gasteiger partial charge in [0, 0.05) is 11.9 Å². The van der Waals surface area contributed by atoms with Crippen molar-refractivity contribution in [3.63, 3.8) is 0 Å². The second kappa shape index (κ2) is 8.65. The maximum absolute atomic E-state index is 11.7. The van der Waals surface area contributed by atoms with Crippen molar-refractivity contribution in [2.75, 3.05) is 25.6 Å². The molecule has 0 saturated heterocycles. The molecule has 1 N–H and O–H groups in total. The number of nitrogens with one attached hydrogen (secondary N) is 1. The third kappa shape index (κ3) is 7.19. The number of hydrogen-bond acceptors (Lipinski definition) is 6. The van der Waals surface area contributed by atoms with Crippen LogP contribution < -0.4 is 10.1 Å². The molecular weight excluding hydrogens is 317 g/mol. The minimum atomic E-state index is -4.80. The van der Waals surface area contributed by atoms with Crippen LogP contribution >= 0.6 is 0 Å². The fourth-order valence-electron chi connectivity index (χ4n) is 1.35. The molecule has 0 saturated carbocycles. The molecule has 124 valence electrons. The smallest absolute Gasteiger partial charge is 0.497 e. The number of hydrogen-bond donors (Lipinski definition) is 1. The minimum absolute atomic E-state index is 0.396. The lowest BCUT2D eigenvalue weighted by Crippen LogP contribution is -2.19. The second-order valence-electron chi connectivity index (χ2n) is 3.97. The van der Waals surface area contributed by atoms with Gasteiger partial charge in [0.25, 0.3) is 0 Å². The summed E-state index contributed by atoms with van der Waals surface area (Å²) in [6.45, 7) is -1.47. The van der Waals surface area contributed by atoms with E-state index in [4.69, 9.17) is 10.00 Å².